The van der Waals surface area contributed by atoms with E-state index in [9.17, 15) is 0 Å². The standard InChI is InChI=1S/C28H40N2/c1-2-20(18-30-28-14-24-8-25(15-28)10-26(9-24)16-28)4-3-19(1)17-29-27-11-21-5-22(12-27)7-23(6-21)13-27/h1-4,21-26,29-30H,5-18H2. The van der Waals surface area contributed by atoms with Gasteiger partial charge in [0.15, 0.2) is 0 Å². The molecule has 8 aliphatic rings. The molecule has 9 rings (SSSR count). The highest BCUT2D eigenvalue weighted by atomic mass is 15.0. The highest BCUT2D eigenvalue weighted by Gasteiger charge is 2.51. The Balaban J connectivity index is 0.962. The van der Waals surface area contributed by atoms with Crippen LogP contribution in [0.2, 0.25) is 0 Å². The quantitative estimate of drug-likeness (QED) is 0.626. The number of nitrogens with one attached hydrogen (secondary N) is 2. The lowest BCUT2D eigenvalue weighted by Crippen LogP contribution is -2.58. The summed E-state index contributed by atoms with van der Waals surface area (Å²) in [7, 11) is 0. The average molecular weight is 405 g/mol. The topological polar surface area (TPSA) is 24.1 Å². The van der Waals surface area contributed by atoms with Crippen LogP contribution in [0.1, 0.15) is 88.2 Å². The van der Waals surface area contributed by atoms with Crippen molar-refractivity contribution >= 4 is 0 Å². The molecule has 0 atom stereocenters. The molecule has 1 aromatic rings. The average Bonchev–Trinajstić information content (AvgIpc) is 2.70. The Morgan fingerprint density at radius 1 is 0.500 bits per heavy atom. The van der Waals surface area contributed by atoms with Gasteiger partial charge in [0.25, 0.3) is 0 Å². The predicted molar refractivity (Wildman–Crippen MR) is 122 cm³/mol. The number of hydrogen-bond donors (Lipinski definition) is 2. The van der Waals surface area contributed by atoms with E-state index in [4.69, 9.17) is 0 Å². The lowest BCUT2D eigenvalue weighted by atomic mass is 9.53. The van der Waals surface area contributed by atoms with Gasteiger partial charge in [-0.15, -0.1) is 0 Å². The molecule has 1 aromatic carbocycles. The van der Waals surface area contributed by atoms with Crippen LogP contribution in [0.25, 0.3) is 0 Å². The lowest BCUT2D eigenvalue weighted by molar-refractivity contribution is -0.0208. The van der Waals surface area contributed by atoms with Crippen molar-refractivity contribution < 1.29 is 0 Å². The molecule has 8 fully saturated rings. The van der Waals surface area contributed by atoms with Gasteiger partial charge in [-0.3, -0.25) is 0 Å². The van der Waals surface area contributed by atoms with Crippen LogP contribution >= 0.6 is 0 Å². The minimum Gasteiger partial charge on any atom is -0.307 e. The second kappa shape index (κ2) is 6.82. The zero-order chi connectivity index (χ0) is 19.8. The molecule has 8 saturated carbocycles. The van der Waals surface area contributed by atoms with Crippen molar-refractivity contribution in [2.45, 2.75) is 101 Å². The van der Waals surface area contributed by atoms with Crippen molar-refractivity contribution in [1.82, 2.24) is 10.6 Å². The summed E-state index contributed by atoms with van der Waals surface area (Å²) in [4.78, 5) is 0. The van der Waals surface area contributed by atoms with E-state index in [1.54, 1.807) is 0 Å². The third-order valence-corrected chi connectivity index (χ3v) is 10.4. The molecular weight excluding hydrogens is 364 g/mol. The van der Waals surface area contributed by atoms with Crippen LogP contribution in [-0.4, -0.2) is 11.1 Å². The van der Waals surface area contributed by atoms with Gasteiger partial charge in [-0.25, -0.2) is 0 Å². The monoisotopic (exact) mass is 404 g/mol. The first-order valence-corrected chi connectivity index (χ1v) is 13.2. The molecule has 162 valence electrons. The molecule has 0 aliphatic heterocycles. The van der Waals surface area contributed by atoms with Crippen LogP contribution in [0.4, 0.5) is 0 Å². The molecule has 30 heavy (non-hydrogen) atoms. The van der Waals surface area contributed by atoms with Crippen LogP contribution in [-0.2, 0) is 13.1 Å². The van der Waals surface area contributed by atoms with Crippen LogP contribution in [0.15, 0.2) is 24.3 Å². The fourth-order valence-electron chi connectivity index (χ4n) is 10.0. The molecular formula is C28H40N2. The first kappa shape index (κ1) is 18.7. The van der Waals surface area contributed by atoms with Crippen molar-refractivity contribution in [2.24, 2.45) is 35.5 Å². The summed E-state index contributed by atoms with van der Waals surface area (Å²) in [6.45, 7) is 2.13. The van der Waals surface area contributed by atoms with Crippen molar-refractivity contribution in [2.75, 3.05) is 0 Å². The molecule has 2 N–H and O–H groups in total. The van der Waals surface area contributed by atoms with Crippen LogP contribution < -0.4 is 10.6 Å². The Kier molecular flexibility index (Phi) is 4.25. The Bertz CT molecular complexity index is 656. The second-order valence-corrected chi connectivity index (χ2v) is 12.9. The van der Waals surface area contributed by atoms with Crippen LogP contribution in [0.5, 0.6) is 0 Å². The molecule has 0 saturated heterocycles. The molecule has 8 aliphatic carbocycles. The molecule has 0 aromatic heterocycles. The Hall–Kier alpha value is -0.860. The van der Waals surface area contributed by atoms with Crippen molar-refractivity contribution in [3.8, 4) is 0 Å². The van der Waals surface area contributed by atoms with E-state index in [1.165, 1.54) is 88.2 Å². The molecule has 2 heteroatoms. The van der Waals surface area contributed by atoms with E-state index < -0.39 is 0 Å². The fraction of sp³-hybridized carbons (Fsp3) is 0.786. The zero-order valence-electron chi connectivity index (χ0n) is 18.7. The Labute approximate surface area is 183 Å². The van der Waals surface area contributed by atoms with Gasteiger partial charge in [0, 0.05) is 24.2 Å². The van der Waals surface area contributed by atoms with Gasteiger partial charge in [0.2, 0.25) is 0 Å². The summed E-state index contributed by atoms with van der Waals surface area (Å²) in [6, 6.07) is 9.57. The smallest absolute Gasteiger partial charge is 0.0210 e. The van der Waals surface area contributed by atoms with E-state index in [-0.39, 0.29) is 0 Å². The molecule has 8 bridgehead atoms. The van der Waals surface area contributed by atoms with Crippen molar-refractivity contribution in [1.29, 1.82) is 0 Å². The van der Waals surface area contributed by atoms with E-state index >= 15 is 0 Å². The molecule has 2 nitrogen and oxygen atoms in total. The van der Waals surface area contributed by atoms with Crippen LogP contribution in [0.3, 0.4) is 0 Å². The maximum Gasteiger partial charge on any atom is 0.0210 e. The van der Waals surface area contributed by atoms with Gasteiger partial charge in [-0.05, 0) is 124 Å². The molecule has 0 radical (unpaired) electrons. The van der Waals surface area contributed by atoms with Crippen molar-refractivity contribution in [3.05, 3.63) is 35.4 Å². The molecule has 0 amide bonds. The first-order chi connectivity index (χ1) is 14.6. The Morgan fingerprint density at radius 3 is 1.03 bits per heavy atom. The lowest BCUT2D eigenvalue weighted by Gasteiger charge is -2.57. The summed E-state index contributed by atoms with van der Waals surface area (Å²) in [5.74, 6) is 6.18. The first-order valence-electron chi connectivity index (χ1n) is 13.2. The zero-order valence-corrected chi connectivity index (χ0v) is 18.7. The summed E-state index contributed by atoms with van der Waals surface area (Å²) in [5.41, 5.74) is 3.91. The van der Waals surface area contributed by atoms with Gasteiger partial charge in [0.1, 0.15) is 0 Å². The third-order valence-electron chi connectivity index (χ3n) is 10.4. The Morgan fingerprint density at radius 2 is 0.767 bits per heavy atom. The summed E-state index contributed by atoms with van der Waals surface area (Å²) in [6.07, 6.45) is 17.9. The van der Waals surface area contributed by atoms with Gasteiger partial charge in [-0.2, -0.15) is 0 Å². The van der Waals surface area contributed by atoms with E-state index in [2.05, 4.69) is 34.9 Å². The normalized spacial score (nSPS) is 47.9. The van der Waals surface area contributed by atoms with E-state index in [0.29, 0.717) is 11.1 Å². The minimum atomic E-state index is 0.480. The summed E-state index contributed by atoms with van der Waals surface area (Å²) in [5, 5.41) is 8.14. The fourth-order valence-corrected chi connectivity index (χ4v) is 10.0. The van der Waals surface area contributed by atoms with Crippen LogP contribution in [0, 0.1) is 35.5 Å². The van der Waals surface area contributed by atoms with Crippen molar-refractivity contribution in [3.63, 3.8) is 0 Å². The highest BCUT2D eigenvalue weighted by Crippen LogP contribution is 2.56. The summed E-state index contributed by atoms with van der Waals surface area (Å²) >= 11 is 0. The largest absolute Gasteiger partial charge is 0.307 e. The number of rotatable bonds is 6. The maximum absolute atomic E-state index is 4.07. The minimum absolute atomic E-state index is 0.480. The molecule has 0 unspecified atom stereocenters. The van der Waals surface area contributed by atoms with E-state index in [0.717, 1.165) is 48.6 Å². The van der Waals surface area contributed by atoms with Gasteiger partial charge >= 0.3 is 0 Å². The second-order valence-electron chi connectivity index (χ2n) is 12.9. The maximum atomic E-state index is 4.07. The highest BCUT2D eigenvalue weighted by molar-refractivity contribution is 5.23. The molecule has 0 heterocycles. The van der Waals surface area contributed by atoms with Gasteiger partial charge in [-0.1, -0.05) is 24.3 Å². The van der Waals surface area contributed by atoms with Gasteiger partial charge < -0.3 is 10.6 Å². The number of hydrogen-bond acceptors (Lipinski definition) is 2. The summed E-state index contributed by atoms with van der Waals surface area (Å²) < 4.78 is 0. The molecule has 0 spiro atoms. The van der Waals surface area contributed by atoms with Gasteiger partial charge in [0.05, 0.1) is 0 Å². The SMILES string of the molecule is c1cc(CNC23CC4CC(CC(C4)C2)C3)ccc1CNC12CC3CC(CC(C3)C1)C2. The predicted octanol–water partition coefficient (Wildman–Crippen LogP) is 5.80. The third kappa shape index (κ3) is 3.28. The number of benzene rings is 1. The van der Waals surface area contributed by atoms with E-state index in [1.807, 2.05) is 0 Å².